The molecule has 1 N–H and O–H groups in total. The van der Waals surface area contributed by atoms with Gasteiger partial charge in [-0.15, -0.1) is 0 Å². The van der Waals surface area contributed by atoms with Crippen LogP contribution < -0.4 is 5.32 Å². The fourth-order valence-corrected chi connectivity index (χ4v) is 2.65. The number of piperazine rings is 1. The molecular formula is C14H24N2O3. The standard InChI is InChI=1S/C14H24N2O3/c1-5-14(3)13(18)16(8-9(2)19-4)11(10-6-7-10)12(17)15-14/h9-11H,5-8H2,1-4H3,(H,15,17). The Morgan fingerprint density at radius 1 is 1.47 bits per heavy atom. The molecule has 0 spiro atoms. The summed E-state index contributed by atoms with van der Waals surface area (Å²) >= 11 is 0. The van der Waals surface area contributed by atoms with Crippen molar-refractivity contribution in [2.45, 2.75) is 57.7 Å². The van der Waals surface area contributed by atoms with Crippen molar-refractivity contribution in [3.8, 4) is 0 Å². The molecule has 1 saturated carbocycles. The average molecular weight is 268 g/mol. The van der Waals surface area contributed by atoms with Crippen molar-refractivity contribution in [2.24, 2.45) is 5.92 Å². The van der Waals surface area contributed by atoms with E-state index in [0.717, 1.165) is 12.8 Å². The van der Waals surface area contributed by atoms with Crippen LogP contribution in [0.4, 0.5) is 0 Å². The summed E-state index contributed by atoms with van der Waals surface area (Å²) in [6.45, 7) is 6.14. The van der Waals surface area contributed by atoms with Crippen LogP contribution in [0.2, 0.25) is 0 Å². The van der Waals surface area contributed by atoms with Crippen molar-refractivity contribution in [2.75, 3.05) is 13.7 Å². The molecule has 1 heterocycles. The van der Waals surface area contributed by atoms with Gasteiger partial charge in [0.1, 0.15) is 11.6 Å². The van der Waals surface area contributed by atoms with Crippen molar-refractivity contribution >= 4 is 11.8 Å². The van der Waals surface area contributed by atoms with Gasteiger partial charge in [-0.3, -0.25) is 9.59 Å². The van der Waals surface area contributed by atoms with Gasteiger partial charge in [0.05, 0.1) is 6.10 Å². The Balaban J connectivity index is 2.24. The van der Waals surface area contributed by atoms with Crippen molar-refractivity contribution in [1.82, 2.24) is 10.2 Å². The van der Waals surface area contributed by atoms with E-state index in [1.54, 1.807) is 18.9 Å². The minimum absolute atomic E-state index is 0.00486. The van der Waals surface area contributed by atoms with E-state index in [-0.39, 0.29) is 24.0 Å². The monoisotopic (exact) mass is 268 g/mol. The quantitative estimate of drug-likeness (QED) is 0.807. The first-order valence-corrected chi connectivity index (χ1v) is 7.08. The van der Waals surface area contributed by atoms with Crippen molar-refractivity contribution in [3.05, 3.63) is 0 Å². The van der Waals surface area contributed by atoms with Gasteiger partial charge in [0.25, 0.3) is 0 Å². The normalized spacial score (nSPS) is 33.3. The summed E-state index contributed by atoms with van der Waals surface area (Å²) < 4.78 is 5.26. The van der Waals surface area contributed by atoms with Crippen LogP contribution >= 0.6 is 0 Å². The zero-order valence-electron chi connectivity index (χ0n) is 12.2. The second-order valence-electron chi connectivity index (χ2n) is 5.96. The number of amides is 2. The zero-order chi connectivity index (χ0) is 14.2. The molecule has 0 aromatic carbocycles. The highest BCUT2D eigenvalue weighted by Crippen LogP contribution is 2.38. The van der Waals surface area contributed by atoms with Crippen LogP contribution in [0.25, 0.3) is 0 Å². The van der Waals surface area contributed by atoms with Crippen molar-refractivity contribution < 1.29 is 14.3 Å². The van der Waals surface area contributed by atoms with Gasteiger partial charge >= 0.3 is 0 Å². The van der Waals surface area contributed by atoms with E-state index in [9.17, 15) is 9.59 Å². The van der Waals surface area contributed by atoms with Gasteiger partial charge in [-0.25, -0.2) is 0 Å². The van der Waals surface area contributed by atoms with Gasteiger partial charge < -0.3 is 15.0 Å². The van der Waals surface area contributed by atoms with Crippen molar-refractivity contribution in [3.63, 3.8) is 0 Å². The van der Waals surface area contributed by atoms with Crippen LogP contribution in [-0.4, -0.2) is 48.1 Å². The third kappa shape index (κ3) is 2.61. The van der Waals surface area contributed by atoms with Gasteiger partial charge in [-0.2, -0.15) is 0 Å². The molecule has 2 amide bonds. The molecule has 5 heteroatoms. The molecule has 0 aromatic heterocycles. The van der Waals surface area contributed by atoms with E-state index in [0.29, 0.717) is 18.9 Å². The molecule has 1 aliphatic carbocycles. The molecule has 1 aliphatic heterocycles. The Labute approximate surface area is 114 Å². The molecule has 3 unspecified atom stereocenters. The Morgan fingerprint density at radius 3 is 2.58 bits per heavy atom. The first-order valence-electron chi connectivity index (χ1n) is 7.08. The Morgan fingerprint density at radius 2 is 2.11 bits per heavy atom. The number of nitrogens with zero attached hydrogens (tertiary/aromatic N) is 1. The third-order valence-electron chi connectivity index (χ3n) is 4.37. The Hall–Kier alpha value is -1.10. The lowest BCUT2D eigenvalue weighted by Gasteiger charge is -2.45. The number of hydrogen-bond donors (Lipinski definition) is 1. The van der Waals surface area contributed by atoms with E-state index >= 15 is 0 Å². The minimum Gasteiger partial charge on any atom is -0.380 e. The van der Waals surface area contributed by atoms with E-state index < -0.39 is 5.54 Å². The minimum atomic E-state index is -0.768. The molecule has 0 aromatic rings. The second kappa shape index (κ2) is 5.12. The van der Waals surface area contributed by atoms with Crippen LogP contribution in [0.15, 0.2) is 0 Å². The number of carbonyl (C=O) groups is 2. The van der Waals surface area contributed by atoms with E-state index in [2.05, 4.69) is 5.32 Å². The number of ether oxygens (including phenoxy) is 1. The zero-order valence-corrected chi connectivity index (χ0v) is 12.2. The molecule has 0 bridgehead atoms. The van der Waals surface area contributed by atoms with Crippen LogP contribution in [0.1, 0.15) is 40.0 Å². The fraction of sp³-hybridized carbons (Fsp3) is 0.857. The SMILES string of the molecule is CCC1(C)NC(=O)C(C2CC2)N(CC(C)OC)C1=O. The second-order valence-corrected chi connectivity index (χ2v) is 5.96. The summed E-state index contributed by atoms with van der Waals surface area (Å²) in [5.74, 6) is 0.347. The number of rotatable bonds is 5. The van der Waals surface area contributed by atoms with Gasteiger partial charge in [0, 0.05) is 13.7 Å². The summed E-state index contributed by atoms with van der Waals surface area (Å²) in [6, 6.07) is -0.301. The topological polar surface area (TPSA) is 58.6 Å². The third-order valence-corrected chi connectivity index (χ3v) is 4.37. The Kier molecular flexibility index (Phi) is 3.85. The molecule has 5 nitrogen and oxygen atoms in total. The summed E-state index contributed by atoms with van der Waals surface area (Å²) in [5.41, 5.74) is -0.768. The number of hydrogen-bond acceptors (Lipinski definition) is 3. The highest BCUT2D eigenvalue weighted by atomic mass is 16.5. The smallest absolute Gasteiger partial charge is 0.248 e. The summed E-state index contributed by atoms with van der Waals surface area (Å²) in [6.07, 6.45) is 2.61. The summed E-state index contributed by atoms with van der Waals surface area (Å²) in [4.78, 5) is 26.7. The molecule has 19 heavy (non-hydrogen) atoms. The fourth-order valence-electron chi connectivity index (χ4n) is 2.65. The first kappa shape index (κ1) is 14.3. The lowest BCUT2D eigenvalue weighted by atomic mass is 9.90. The predicted octanol–water partition coefficient (Wildman–Crippen LogP) is 0.927. The maximum absolute atomic E-state index is 12.7. The predicted molar refractivity (Wildman–Crippen MR) is 71.5 cm³/mol. The first-order chi connectivity index (χ1) is 8.92. The molecule has 2 rings (SSSR count). The molecule has 2 fully saturated rings. The molecule has 2 aliphatic rings. The summed E-state index contributed by atoms with van der Waals surface area (Å²) in [7, 11) is 1.63. The highest BCUT2D eigenvalue weighted by Gasteiger charge is 2.52. The molecular weight excluding hydrogens is 244 g/mol. The van der Waals surface area contributed by atoms with Crippen LogP contribution in [0.5, 0.6) is 0 Å². The lowest BCUT2D eigenvalue weighted by molar-refractivity contribution is -0.157. The Bertz CT molecular complexity index is 381. The van der Waals surface area contributed by atoms with E-state index in [4.69, 9.17) is 4.74 Å². The molecule has 3 atom stereocenters. The maximum Gasteiger partial charge on any atom is 0.248 e. The lowest BCUT2D eigenvalue weighted by Crippen LogP contribution is -2.70. The van der Waals surface area contributed by atoms with Gasteiger partial charge in [-0.05, 0) is 39.0 Å². The molecule has 108 valence electrons. The highest BCUT2D eigenvalue weighted by molar-refractivity contribution is 5.99. The van der Waals surface area contributed by atoms with Crippen LogP contribution in [-0.2, 0) is 14.3 Å². The van der Waals surface area contributed by atoms with Gasteiger partial charge in [0.2, 0.25) is 11.8 Å². The average Bonchev–Trinajstić information content (AvgIpc) is 3.19. The van der Waals surface area contributed by atoms with Crippen LogP contribution in [0.3, 0.4) is 0 Å². The summed E-state index contributed by atoms with van der Waals surface area (Å²) in [5, 5.41) is 2.91. The maximum atomic E-state index is 12.7. The number of nitrogens with one attached hydrogen (secondary N) is 1. The number of carbonyl (C=O) groups excluding carboxylic acids is 2. The van der Waals surface area contributed by atoms with Crippen molar-refractivity contribution in [1.29, 1.82) is 0 Å². The van der Waals surface area contributed by atoms with Crippen LogP contribution in [0, 0.1) is 5.92 Å². The van der Waals surface area contributed by atoms with Gasteiger partial charge in [-0.1, -0.05) is 6.92 Å². The van der Waals surface area contributed by atoms with Gasteiger partial charge in [0.15, 0.2) is 0 Å². The van der Waals surface area contributed by atoms with E-state index in [1.165, 1.54) is 0 Å². The van der Waals surface area contributed by atoms with E-state index in [1.807, 2.05) is 13.8 Å². The molecule has 1 saturated heterocycles. The number of methoxy groups -OCH3 is 1. The molecule has 0 radical (unpaired) electrons. The largest absolute Gasteiger partial charge is 0.380 e.